The van der Waals surface area contributed by atoms with Crippen LogP contribution in [0.15, 0.2) is 24.5 Å². The Morgan fingerprint density at radius 1 is 1.30 bits per heavy atom. The van der Waals surface area contributed by atoms with Crippen molar-refractivity contribution in [3.63, 3.8) is 0 Å². The number of imidazole rings is 1. The van der Waals surface area contributed by atoms with Gasteiger partial charge < -0.3 is 15.0 Å². The number of piperidine rings is 1. The van der Waals surface area contributed by atoms with Crippen LogP contribution in [0.5, 0.6) is 0 Å². The zero-order chi connectivity index (χ0) is 13.5. The van der Waals surface area contributed by atoms with Gasteiger partial charge >= 0.3 is 0 Å². The van der Waals surface area contributed by atoms with Crippen LogP contribution in [-0.4, -0.2) is 27.7 Å². The topological polar surface area (TPSA) is 50.1 Å². The van der Waals surface area contributed by atoms with Gasteiger partial charge in [-0.2, -0.15) is 0 Å². The van der Waals surface area contributed by atoms with Crippen LogP contribution in [0.1, 0.15) is 43.4 Å². The van der Waals surface area contributed by atoms with E-state index in [0.717, 1.165) is 37.0 Å². The molecular weight excluding hydrogens is 250 g/mol. The van der Waals surface area contributed by atoms with Crippen LogP contribution in [0.25, 0.3) is 11.0 Å². The summed E-state index contributed by atoms with van der Waals surface area (Å²) in [5.41, 5.74) is 3.22. The first-order valence-corrected chi connectivity index (χ1v) is 7.68. The van der Waals surface area contributed by atoms with Crippen molar-refractivity contribution < 1.29 is 5.11 Å². The summed E-state index contributed by atoms with van der Waals surface area (Å²) < 4.78 is 2.27. The molecule has 4 nitrogen and oxygen atoms in total. The second-order valence-electron chi connectivity index (χ2n) is 6.18. The molecule has 0 spiro atoms. The number of aromatic nitrogens is 2. The standard InChI is InChI=1S/C16H21N3O/c20-16(12-2-1-7-17-9-12)11-3-6-15-14(8-11)18-10-19(15)13-4-5-13/h3,6,8,10,12-13,16-17,20H,1-2,4-5,7,9H2. The van der Waals surface area contributed by atoms with Crippen LogP contribution in [-0.2, 0) is 0 Å². The molecule has 20 heavy (non-hydrogen) atoms. The number of aliphatic hydroxyl groups is 1. The average molecular weight is 271 g/mol. The molecule has 4 rings (SSSR count). The van der Waals surface area contributed by atoms with Gasteiger partial charge in [0.05, 0.1) is 23.5 Å². The van der Waals surface area contributed by atoms with Crippen LogP contribution in [0.3, 0.4) is 0 Å². The molecule has 2 aliphatic rings. The molecule has 4 heteroatoms. The van der Waals surface area contributed by atoms with E-state index in [1.54, 1.807) is 0 Å². The first kappa shape index (κ1) is 12.4. The third kappa shape index (κ3) is 2.13. The molecule has 2 fully saturated rings. The monoisotopic (exact) mass is 271 g/mol. The number of aliphatic hydroxyl groups excluding tert-OH is 1. The highest BCUT2D eigenvalue weighted by Gasteiger charge is 2.26. The van der Waals surface area contributed by atoms with E-state index in [1.807, 2.05) is 6.33 Å². The lowest BCUT2D eigenvalue weighted by Gasteiger charge is -2.27. The number of fused-ring (bicyclic) bond motifs is 1. The van der Waals surface area contributed by atoms with Crippen LogP contribution in [0, 0.1) is 5.92 Å². The van der Waals surface area contributed by atoms with E-state index in [-0.39, 0.29) is 6.10 Å². The molecule has 0 amide bonds. The van der Waals surface area contributed by atoms with Crippen molar-refractivity contribution in [2.45, 2.75) is 37.8 Å². The third-order valence-electron chi connectivity index (χ3n) is 4.66. The van der Waals surface area contributed by atoms with E-state index in [0.29, 0.717) is 12.0 Å². The number of hydrogen-bond donors (Lipinski definition) is 2. The lowest BCUT2D eigenvalue weighted by atomic mass is 9.89. The molecule has 0 bridgehead atoms. The highest BCUT2D eigenvalue weighted by atomic mass is 16.3. The Labute approximate surface area is 118 Å². The maximum Gasteiger partial charge on any atom is 0.0960 e. The Hall–Kier alpha value is -1.39. The molecule has 1 aromatic heterocycles. The van der Waals surface area contributed by atoms with E-state index in [9.17, 15) is 5.11 Å². The number of hydrogen-bond acceptors (Lipinski definition) is 3. The van der Waals surface area contributed by atoms with Gasteiger partial charge in [0.15, 0.2) is 0 Å². The Kier molecular flexibility index (Phi) is 3.00. The Balaban J connectivity index is 1.63. The fraction of sp³-hybridized carbons (Fsp3) is 0.562. The molecule has 1 saturated heterocycles. The van der Waals surface area contributed by atoms with Crippen LogP contribution < -0.4 is 5.32 Å². The molecule has 1 saturated carbocycles. The van der Waals surface area contributed by atoms with Crippen molar-refractivity contribution >= 4 is 11.0 Å². The molecule has 2 aromatic rings. The van der Waals surface area contributed by atoms with Gasteiger partial charge in [-0.15, -0.1) is 0 Å². The first-order valence-electron chi connectivity index (χ1n) is 7.68. The van der Waals surface area contributed by atoms with Gasteiger partial charge in [0.2, 0.25) is 0 Å². The Morgan fingerprint density at radius 2 is 2.20 bits per heavy atom. The van der Waals surface area contributed by atoms with Crippen molar-refractivity contribution in [2.24, 2.45) is 5.92 Å². The predicted molar refractivity (Wildman–Crippen MR) is 78.6 cm³/mol. The molecule has 106 valence electrons. The minimum absolute atomic E-state index is 0.326. The molecule has 2 atom stereocenters. The lowest BCUT2D eigenvalue weighted by Crippen LogP contribution is -2.33. The molecule has 1 aromatic carbocycles. The third-order valence-corrected chi connectivity index (χ3v) is 4.66. The van der Waals surface area contributed by atoms with E-state index in [2.05, 4.69) is 33.1 Å². The molecular formula is C16H21N3O. The van der Waals surface area contributed by atoms with Gasteiger partial charge in [0.1, 0.15) is 0 Å². The van der Waals surface area contributed by atoms with Crippen molar-refractivity contribution in [2.75, 3.05) is 13.1 Å². The summed E-state index contributed by atoms with van der Waals surface area (Å²) >= 11 is 0. The Bertz CT molecular complexity index is 611. The van der Waals surface area contributed by atoms with Crippen LogP contribution in [0.2, 0.25) is 0 Å². The quantitative estimate of drug-likeness (QED) is 0.901. The van der Waals surface area contributed by atoms with E-state index in [1.165, 1.54) is 18.4 Å². The molecule has 2 heterocycles. The summed E-state index contributed by atoms with van der Waals surface area (Å²) in [7, 11) is 0. The smallest absolute Gasteiger partial charge is 0.0960 e. The van der Waals surface area contributed by atoms with E-state index < -0.39 is 0 Å². The fourth-order valence-corrected chi connectivity index (χ4v) is 3.30. The summed E-state index contributed by atoms with van der Waals surface area (Å²) in [6.45, 7) is 1.99. The van der Waals surface area contributed by atoms with Crippen molar-refractivity contribution in [3.8, 4) is 0 Å². The highest BCUT2D eigenvalue weighted by molar-refractivity contribution is 5.76. The minimum atomic E-state index is -0.377. The van der Waals surface area contributed by atoms with Crippen molar-refractivity contribution in [3.05, 3.63) is 30.1 Å². The van der Waals surface area contributed by atoms with Crippen LogP contribution >= 0.6 is 0 Å². The number of benzene rings is 1. The summed E-state index contributed by atoms with van der Waals surface area (Å²) in [5, 5.41) is 13.9. The largest absolute Gasteiger partial charge is 0.388 e. The summed E-state index contributed by atoms with van der Waals surface area (Å²) in [6, 6.07) is 6.91. The SMILES string of the molecule is OC(c1ccc2c(c1)ncn2C1CC1)C1CCCNC1. The molecule has 1 aliphatic heterocycles. The van der Waals surface area contributed by atoms with Crippen molar-refractivity contribution in [1.82, 2.24) is 14.9 Å². The zero-order valence-corrected chi connectivity index (χ0v) is 11.6. The van der Waals surface area contributed by atoms with Gasteiger partial charge in [-0.3, -0.25) is 0 Å². The maximum absolute atomic E-state index is 10.6. The summed E-state index contributed by atoms with van der Waals surface area (Å²) in [6.07, 6.45) is 6.36. The number of nitrogens with one attached hydrogen (secondary N) is 1. The van der Waals surface area contributed by atoms with Gasteiger partial charge in [-0.25, -0.2) is 4.98 Å². The van der Waals surface area contributed by atoms with Crippen molar-refractivity contribution in [1.29, 1.82) is 0 Å². The van der Waals surface area contributed by atoms with Gasteiger partial charge in [0, 0.05) is 18.5 Å². The summed E-state index contributed by atoms with van der Waals surface area (Å²) in [4.78, 5) is 4.50. The van der Waals surface area contributed by atoms with E-state index in [4.69, 9.17) is 0 Å². The number of rotatable bonds is 3. The average Bonchev–Trinajstić information content (AvgIpc) is 3.26. The van der Waals surface area contributed by atoms with Gasteiger partial charge in [-0.1, -0.05) is 6.07 Å². The highest BCUT2D eigenvalue weighted by Crippen LogP contribution is 2.37. The van der Waals surface area contributed by atoms with Gasteiger partial charge in [0.25, 0.3) is 0 Å². The normalized spacial score (nSPS) is 24.9. The minimum Gasteiger partial charge on any atom is -0.388 e. The molecule has 0 radical (unpaired) electrons. The molecule has 1 aliphatic carbocycles. The van der Waals surface area contributed by atoms with Gasteiger partial charge in [-0.05, 0) is 49.9 Å². The second-order valence-corrected chi connectivity index (χ2v) is 6.18. The van der Waals surface area contributed by atoms with Crippen LogP contribution in [0.4, 0.5) is 0 Å². The Morgan fingerprint density at radius 3 is 2.95 bits per heavy atom. The first-order chi connectivity index (χ1) is 9.83. The maximum atomic E-state index is 10.6. The molecule has 2 unspecified atom stereocenters. The lowest BCUT2D eigenvalue weighted by molar-refractivity contribution is 0.0923. The zero-order valence-electron chi connectivity index (χ0n) is 11.6. The molecule has 2 N–H and O–H groups in total. The van der Waals surface area contributed by atoms with E-state index >= 15 is 0 Å². The fourth-order valence-electron chi connectivity index (χ4n) is 3.30. The predicted octanol–water partition coefficient (Wildman–Crippen LogP) is 2.40. The summed E-state index contributed by atoms with van der Waals surface area (Å²) in [5.74, 6) is 0.326. The second kappa shape index (κ2) is 4.86. The number of nitrogens with zero attached hydrogens (tertiary/aromatic N) is 2.